The Morgan fingerprint density at radius 2 is 1.86 bits per heavy atom. The monoisotopic (exact) mass is 425 g/mol. The summed E-state index contributed by atoms with van der Waals surface area (Å²) in [5.41, 5.74) is 1.41. The molecule has 0 aliphatic carbocycles. The van der Waals surface area contributed by atoms with Crippen LogP contribution in [0.2, 0.25) is 5.15 Å². The molecule has 0 fully saturated rings. The molecule has 7 nitrogen and oxygen atoms in total. The van der Waals surface area contributed by atoms with Gasteiger partial charge in [-0.25, -0.2) is 13.4 Å². The molecule has 1 heterocycles. The number of benzene rings is 1. The van der Waals surface area contributed by atoms with Crippen molar-refractivity contribution in [3.8, 4) is 0 Å². The molecule has 0 spiro atoms. The van der Waals surface area contributed by atoms with Gasteiger partial charge in [-0.05, 0) is 31.2 Å². The average molecular weight is 426 g/mol. The fourth-order valence-corrected chi connectivity index (χ4v) is 4.38. The molecule has 1 aromatic carbocycles. The number of carbonyl (C=O) groups excluding carboxylic acids is 1. The van der Waals surface area contributed by atoms with E-state index in [0.717, 1.165) is 5.56 Å². The van der Waals surface area contributed by atoms with Gasteiger partial charge in [0.2, 0.25) is 10.0 Å². The fraction of sp³-hybridized carbons (Fsp3) is 0.368. The Bertz CT molecular complexity index is 900. The van der Waals surface area contributed by atoms with Crippen LogP contribution >= 0.6 is 11.6 Å². The van der Waals surface area contributed by atoms with Crippen LogP contribution in [0, 0.1) is 0 Å². The highest BCUT2D eigenvalue weighted by atomic mass is 35.5. The number of nitrogens with two attached hydrogens (primary N) is 1. The predicted octanol–water partition coefficient (Wildman–Crippen LogP) is 2.03. The molecular formula is C19H26ClN4O3S+. The second-order valence-electron chi connectivity index (χ2n) is 6.28. The van der Waals surface area contributed by atoms with E-state index in [1.807, 2.05) is 26.1 Å². The molecular weight excluding hydrogens is 400 g/mol. The van der Waals surface area contributed by atoms with Crippen molar-refractivity contribution in [1.29, 1.82) is 0 Å². The number of halogens is 1. The number of quaternary nitrogens is 1. The van der Waals surface area contributed by atoms with Crippen LogP contribution in [-0.2, 0) is 14.8 Å². The SMILES string of the molecule is CCN(CC)S(=O)(=O)c1ccc([C@H](C)[NH2+]CC(=O)Nc2cccnc2Cl)cc1. The zero-order valence-corrected chi connectivity index (χ0v) is 17.8. The lowest BCUT2D eigenvalue weighted by Crippen LogP contribution is -2.86. The number of nitrogens with zero attached hydrogens (tertiary/aromatic N) is 2. The van der Waals surface area contributed by atoms with Crippen molar-refractivity contribution in [2.75, 3.05) is 25.0 Å². The predicted molar refractivity (Wildman–Crippen MR) is 110 cm³/mol. The zero-order chi connectivity index (χ0) is 20.7. The van der Waals surface area contributed by atoms with Crippen molar-refractivity contribution in [3.63, 3.8) is 0 Å². The van der Waals surface area contributed by atoms with E-state index < -0.39 is 10.0 Å². The Hall–Kier alpha value is -2.00. The second kappa shape index (κ2) is 9.97. The highest BCUT2D eigenvalue weighted by Crippen LogP contribution is 2.18. The molecule has 3 N–H and O–H groups in total. The first-order chi connectivity index (χ1) is 13.3. The molecule has 28 heavy (non-hydrogen) atoms. The Balaban J connectivity index is 1.97. The number of rotatable bonds is 9. The van der Waals surface area contributed by atoms with E-state index in [9.17, 15) is 13.2 Å². The van der Waals surface area contributed by atoms with Gasteiger partial charge in [-0.2, -0.15) is 4.31 Å². The molecule has 0 aliphatic rings. The van der Waals surface area contributed by atoms with Gasteiger partial charge in [0.05, 0.1) is 10.6 Å². The molecule has 1 amide bonds. The maximum Gasteiger partial charge on any atom is 0.279 e. The van der Waals surface area contributed by atoms with Crippen LogP contribution in [0.4, 0.5) is 5.69 Å². The number of nitrogens with one attached hydrogen (secondary N) is 1. The maximum absolute atomic E-state index is 12.5. The Morgan fingerprint density at radius 1 is 1.21 bits per heavy atom. The Morgan fingerprint density at radius 3 is 2.43 bits per heavy atom. The lowest BCUT2D eigenvalue weighted by atomic mass is 10.1. The summed E-state index contributed by atoms with van der Waals surface area (Å²) in [6, 6.07) is 10.2. The second-order valence-corrected chi connectivity index (χ2v) is 8.57. The van der Waals surface area contributed by atoms with Gasteiger partial charge < -0.3 is 10.6 Å². The fourth-order valence-electron chi connectivity index (χ4n) is 2.76. The van der Waals surface area contributed by atoms with Crippen LogP contribution in [-0.4, -0.2) is 43.2 Å². The molecule has 0 radical (unpaired) electrons. The van der Waals surface area contributed by atoms with Crippen molar-refractivity contribution in [2.45, 2.75) is 31.7 Å². The van der Waals surface area contributed by atoms with Gasteiger partial charge >= 0.3 is 0 Å². The molecule has 0 saturated carbocycles. The summed E-state index contributed by atoms with van der Waals surface area (Å²) in [5.74, 6) is -0.192. The minimum atomic E-state index is -3.47. The van der Waals surface area contributed by atoms with E-state index in [1.165, 1.54) is 4.31 Å². The normalized spacial score (nSPS) is 12.8. The molecule has 0 aliphatic heterocycles. The third-order valence-corrected chi connectivity index (χ3v) is 6.80. The van der Waals surface area contributed by atoms with Crippen LogP contribution in [0.1, 0.15) is 32.4 Å². The summed E-state index contributed by atoms with van der Waals surface area (Å²) >= 11 is 5.93. The van der Waals surface area contributed by atoms with Gasteiger partial charge in [-0.1, -0.05) is 37.6 Å². The van der Waals surface area contributed by atoms with E-state index in [2.05, 4.69) is 10.3 Å². The van der Waals surface area contributed by atoms with E-state index in [4.69, 9.17) is 11.6 Å². The molecule has 2 aromatic rings. The van der Waals surface area contributed by atoms with Crippen molar-refractivity contribution < 1.29 is 18.5 Å². The topological polar surface area (TPSA) is 96.0 Å². The van der Waals surface area contributed by atoms with Crippen molar-refractivity contribution in [3.05, 3.63) is 53.3 Å². The Kier molecular flexibility index (Phi) is 7.94. The number of hydrogen-bond donors (Lipinski definition) is 2. The summed E-state index contributed by atoms with van der Waals surface area (Å²) in [6.07, 6.45) is 1.55. The van der Waals surface area contributed by atoms with Gasteiger partial charge in [-0.3, -0.25) is 4.79 Å². The number of carbonyl (C=O) groups is 1. The quantitative estimate of drug-likeness (QED) is 0.601. The molecule has 1 aromatic heterocycles. The van der Waals surface area contributed by atoms with E-state index in [0.29, 0.717) is 18.8 Å². The number of sulfonamides is 1. The highest BCUT2D eigenvalue weighted by Gasteiger charge is 2.22. The molecule has 2 rings (SSSR count). The highest BCUT2D eigenvalue weighted by molar-refractivity contribution is 7.89. The lowest BCUT2D eigenvalue weighted by molar-refractivity contribution is -0.682. The van der Waals surface area contributed by atoms with Gasteiger partial charge in [0.15, 0.2) is 11.7 Å². The van der Waals surface area contributed by atoms with Crippen LogP contribution in [0.3, 0.4) is 0 Å². The number of amides is 1. The van der Waals surface area contributed by atoms with Crippen molar-refractivity contribution in [2.24, 2.45) is 0 Å². The minimum Gasteiger partial charge on any atom is -0.333 e. The first-order valence-electron chi connectivity index (χ1n) is 9.13. The number of aromatic nitrogens is 1. The van der Waals surface area contributed by atoms with Gasteiger partial charge in [-0.15, -0.1) is 0 Å². The summed E-state index contributed by atoms with van der Waals surface area (Å²) in [7, 11) is -3.47. The van der Waals surface area contributed by atoms with E-state index in [1.54, 1.807) is 42.6 Å². The maximum atomic E-state index is 12.5. The molecule has 1 atom stereocenters. The van der Waals surface area contributed by atoms with Crippen LogP contribution in [0.5, 0.6) is 0 Å². The number of anilines is 1. The number of pyridine rings is 1. The smallest absolute Gasteiger partial charge is 0.279 e. The summed E-state index contributed by atoms with van der Waals surface area (Å²) in [6.45, 7) is 6.65. The largest absolute Gasteiger partial charge is 0.333 e. The van der Waals surface area contributed by atoms with Crippen molar-refractivity contribution >= 4 is 33.2 Å². The first-order valence-corrected chi connectivity index (χ1v) is 10.9. The average Bonchev–Trinajstić information content (AvgIpc) is 2.68. The molecule has 0 saturated heterocycles. The molecule has 0 unspecified atom stereocenters. The van der Waals surface area contributed by atoms with E-state index >= 15 is 0 Å². The molecule has 9 heteroatoms. The van der Waals surface area contributed by atoms with Gasteiger partial charge in [0.25, 0.3) is 5.91 Å². The summed E-state index contributed by atoms with van der Waals surface area (Å²) in [4.78, 5) is 16.3. The van der Waals surface area contributed by atoms with Crippen molar-refractivity contribution in [1.82, 2.24) is 9.29 Å². The third kappa shape index (κ3) is 5.51. The standard InChI is InChI=1S/C19H25ClN4O3S/c1-4-24(5-2)28(26,27)16-10-8-15(9-11-16)14(3)22-13-18(25)23-17-7-6-12-21-19(17)20/h6-12,14,22H,4-5,13H2,1-3H3,(H,23,25)/p+1/t14-/m0/s1. The minimum absolute atomic E-state index is 0.0136. The van der Waals surface area contributed by atoms with Crippen LogP contribution < -0.4 is 10.6 Å². The molecule has 0 bridgehead atoms. The van der Waals surface area contributed by atoms with Gasteiger partial charge in [0, 0.05) is 24.8 Å². The third-order valence-electron chi connectivity index (χ3n) is 4.44. The van der Waals surface area contributed by atoms with Crippen LogP contribution in [0.25, 0.3) is 0 Å². The van der Waals surface area contributed by atoms with Crippen LogP contribution in [0.15, 0.2) is 47.5 Å². The van der Waals surface area contributed by atoms with E-state index in [-0.39, 0.29) is 28.5 Å². The summed E-state index contributed by atoms with van der Waals surface area (Å²) < 4.78 is 26.5. The van der Waals surface area contributed by atoms with Gasteiger partial charge in [0.1, 0.15) is 6.04 Å². The summed E-state index contributed by atoms with van der Waals surface area (Å²) in [5, 5.41) is 4.83. The molecule has 152 valence electrons. The number of hydrogen-bond acceptors (Lipinski definition) is 4. The lowest BCUT2D eigenvalue weighted by Gasteiger charge is -2.19. The zero-order valence-electron chi connectivity index (χ0n) is 16.2. The Labute approximate surface area is 171 Å². The first kappa shape index (κ1) is 22.3.